The predicted octanol–water partition coefficient (Wildman–Crippen LogP) is 3.26. The molecular weight excluding hydrogens is 406 g/mol. The molecule has 4 aromatic rings. The van der Waals surface area contributed by atoms with Crippen LogP contribution in [-0.4, -0.2) is 40.6 Å². The number of amides is 1. The maximum Gasteiger partial charge on any atom is 0.277 e. The summed E-state index contributed by atoms with van der Waals surface area (Å²) < 4.78 is 1.59. The van der Waals surface area contributed by atoms with Gasteiger partial charge in [0.1, 0.15) is 23.7 Å². The quantitative estimate of drug-likeness (QED) is 0.459. The predicted molar refractivity (Wildman–Crippen MR) is 120 cm³/mol. The van der Waals surface area contributed by atoms with Crippen molar-refractivity contribution < 1.29 is 4.79 Å². The van der Waals surface area contributed by atoms with Crippen molar-refractivity contribution in [1.29, 1.82) is 0 Å². The Bertz CT molecular complexity index is 1210. The van der Waals surface area contributed by atoms with Crippen molar-refractivity contribution >= 4 is 23.1 Å². The molecule has 0 bridgehead atoms. The average Bonchev–Trinajstić information content (AvgIpc) is 3.16. The Hall–Kier alpha value is -4.21. The largest absolute Gasteiger partial charge is 0.350 e. The standard InChI is InChI=1S/C22H23N9O/c1-14(2)8-19-26-12-18(27-15-10-23-13-24-11-15)21(28-19)22(32)29-20-9-17(30-31(20)3)16-6-4-5-7-25-16/h4-7,9-14,27H,8H2,1-3H3,(H,29,32). The van der Waals surface area contributed by atoms with Crippen LogP contribution in [0.25, 0.3) is 11.4 Å². The van der Waals surface area contributed by atoms with E-state index in [-0.39, 0.29) is 11.6 Å². The van der Waals surface area contributed by atoms with Crippen molar-refractivity contribution in [2.75, 3.05) is 10.6 Å². The molecule has 1 amide bonds. The lowest BCUT2D eigenvalue weighted by Gasteiger charge is -2.13. The number of nitrogens with zero attached hydrogens (tertiary/aromatic N) is 7. The minimum Gasteiger partial charge on any atom is -0.350 e. The first kappa shape index (κ1) is 21.0. The third kappa shape index (κ3) is 4.91. The Labute approximate surface area is 185 Å². The van der Waals surface area contributed by atoms with Gasteiger partial charge in [0, 0.05) is 25.7 Å². The number of aryl methyl sites for hydroxylation is 1. The summed E-state index contributed by atoms with van der Waals surface area (Å²) in [6, 6.07) is 7.36. The van der Waals surface area contributed by atoms with Gasteiger partial charge in [0.15, 0.2) is 5.69 Å². The van der Waals surface area contributed by atoms with Gasteiger partial charge in [0.05, 0.1) is 35.7 Å². The Morgan fingerprint density at radius 2 is 1.91 bits per heavy atom. The number of anilines is 3. The smallest absolute Gasteiger partial charge is 0.277 e. The van der Waals surface area contributed by atoms with Crippen LogP contribution in [0.5, 0.6) is 0 Å². The van der Waals surface area contributed by atoms with Crippen molar-refractivity contribution in [2.45, 2.75) is 20.3 Å². The molecule has 32 heavy (non-hydrogen) atoms. The van der Waals surface area contributed by atoms with Crippen LogP contribution in [0.15, 0.2) is 55.4 Å². The van der Waals surface area contributed by atoms with Gasteiger partial charge in [-0.1, -0.05) is 19.9 Å². The van der Waals surface area contributed by atoms with Crippen molar-refractivity contribution in [3.63, 3.8) is 0 Å². The van der Waals surface area contributed by atoms with E-state index in [0.717, 1.165) is 5.69 Å². The number of hydrogen-bond acceptors (Lipinski definition) is 8. The molecule has 0 radical (unpaired) electrons. The average molecular weight is 429 g/mol. The molecule has 162 valence electrons. The first-order valence-corrected chi connectivity index (χ1v) is 10.1. The number of pyridine rings is 1. The van der Waals surface area contributed by atoms with E-state index in [4.69, 9.17) is 0 Å². The molecule has 4 aromatic heterocycles. The number of nitrogens with one attached hydrogen (secondary N) is 2. The molecule has 0 unspecified atom stereocenters. The molecule has 4 heterocycles. The fourth-order valence-corrected chi connectivity index (χ4v) is 3.06. The van der Waals surface area contributed by atoms with E-state index in [0.29, 0.717) is 41.0 Å². The maximum absolute atomic E-state index is 13.2. The zero-order valence-electron chi connectivity index (χ0n) is 18.0. The van der Waals surface area contributed by atoms with Crippen LogP contribution >= 0.6 is 0 Å². The molecule has 0 aromatic carbocycles. The van der Waals surface area contributed by atoms with E-state index >= 15 is 0 Å². The fraction of sp³-hybridized carbons (Fsp3) is 0.227. The summed E-state index contributed by atoms with van der Waals surface area (Å²) >= 11 is 0. The van der Waals surface area contributed by atoms with Crippen LogP contribution in [0.4, 0.5) is 17.2 Å². The van der Waals surface area contributed by atoms with Gasteiger partial charge in [-0.05, 0) is 18.1 Å². The van der Waals surface area contributed by atoms with Crippen LogP contribution < -0.4 is 10.6 Å². The second kappa shape index (κ2) is 9.29. The van der Waals surface area contributed by atoms with Crippen molar-refractivity contribution in [2.24, 2.45) is 13.0 Å². The lowest BCUT2D eigenvalue weighted by atomic mass is 10.1. The number of hydrogen-bond donors (Lipinski definition) is 2. The topological polar surface area (TPSA) is 123 Å². The monoisotopic (exact) mass is 429 g/mol. The molecule has 0 fully saturated rings. The van der Waals surface area contributed by atoms with Crippen LogP contribution in [-0.2, 0) is 13.5 Å². The normalized spacial score (nSPS) is 10.9. The van der Waals surface area contributed by atoms with Gasteiger partial charge in [0.25, 0.3) is 5.91 Å². The molecule has 0 aliphatic heterocycles. The highest BCUT2D eigenvalue weighted by molar-refractivity contribution is 6.06. The van der Waals surface area contributed by atoms with Gasteiger partial charge < -0.3 is 10.6 Å². The second-order valence-corrected chi connectivity index (χ2v) is 7.61. The number of carbonyl (C=O) groups is 1. The molecule has 0 atom stereocenters. The summed E-state index contributed by atoms with van der Waals surface area (Å²) in [7, 11) is 1.76. The third-order valence-corrected chi connectivity index (χ3v) is 4.53. The highest BCUT2D eigenvalue weighted by Gasteiger charge is 2.19. The summed E-state index contributed by atoms with van der Waals surface area (Å²) in [4.78, 5) is 34.5. The minimum absolute atomic E-state index is 0.222. The van der Waals surface area contributed by atoms with Crippen LogP contribution in [0.3, 0.4) is 0 Å². The summed E-state index contributed by atoms with van der Waals surface area (Å²) in [5.74, 6) is 1.09. The molecule has 0 saturated carbocycles. The third-order valence-electron chi connectivity index (χ3n) is 4.53. The summed E-state index contributed by atoms with van der Waals surface area (Å²) in [5.41, 5.74) is 2.68. The summed E-state index contributed by atoms with van der Waals surface area (Å²) in [5, 5.41) is 10.5. The molecule has 2 N–H and O–H groups in total. The van der Waals surface area contributed by atoms with Crippen molar-refractivity contribution in [3.8, 4) is 11.4 Å². The Balaban J connectivity index is 1.63. The Morgan fingerprint density at radius 1 is 1.09 bits per heavy atom. The Kier molecular flexibility index (Phi) is 6.11. The second-order valence-electron chi connectivity index (χ2n) is 7.61. The molecule has 0 spiro atoms. The molecular formula is C22H23N9O. The fourth-order valence-electron chi connectivity index (χ4n) is 3.06. The van der Waals surface area contributed by atoms with Gasteiger partial charge >= 0.3 is 0 Å². The zero-order valence-corrected chi connectivity index (χ0v) is 18.0. The molecule has 10 nitrogen and oxygen atoms in total. The van der Waals surface area contributed by atoms with Crippen LogP contribution in [0.1, 0.15) is 30.2 Å². The van der Waals surface area contributed by atoms with E-state index in [1.54, 1.807) is 42.6 Å². The molecule has 10 heteroatoms. The van der Waals surface area contributed by atoms with E-state index in [1.165, 1.54) is 6.33 Å². The number of rotatable bonds is 7. The lowest BCUT2D eigenvalue weighted by Crippen LogP contribution is -2.19. The van der Waals surface area contributed by atoms with E-state index in [2.05, 4.69) is 54.5 Å². The molecule has 0 aliphatic rings. The van der Waals surface area contributed by atoms with E-state index in [1.807, 2.05) is 18.2 Å². The SMILES string of the molecule is CC(C)Cc1ncc(Nc2cncnc2)c(C(=O)Nc2cc(-c3ccccn3)nn2C)n1. The van der Waals surface area contributed by atoms with Crippen LogP contribution in [0, 0.1) is 5.92 Å². The number of aromatic nitrogens is 7. The van der Waals surface area contributed by atoms with Gasteiger partial charge in [0.2, 0.25) is 0 Å². The maximum atomic E-state index is 13.2. The first-order chi connectivity index (χ1) is 15.5. The molecule has 4 rings (SSSR count). The minimum atomic E-state index is -0.382. The first-order valence-electron chi connectivity index (χ1n) is 10.1. The Morgan fingerprint density at radius 3 is 2.62 bits per heavy atom. The summed E-state index contributed by atoms with van der Waals surface area (Å²) in [6.45, 7) is 4.15. The van der Waals surface area contributed by atoms with E-state index in [9.17, 15) is 4.79 Å². The lowest BCUT2D eigenvalue weighted by molar-refractivity contribution is 0.102. The van der Waals surface area contributed by atoms with Gasteiger partial charge in [-0.2, -0.15) is 5.10 Å². The highest BCUT2D eigenvalue weighted by atomic mass is 16.2. The van der Waals surface area contributed by atoms with Gasteiger partial charge in [-0.15, -0.1) is 0 Å². The van der Waals surface area contributed by atoms with Crippen molar-refractivity contribution in [3.05, 3.63) is 66.9 Å². The van der Waals surface area contributed by atoms with E-state index < -0.39 is 0 Å². The van der Waals surface area contributed by atoms with Gasteiger partial charge in [-0.25, -0.2) is 19.9 Å². The molecule has 0 saturated heterocycles. The molecule has 0 aliphatic carbocycles. The van der Waals surface area contributed by atoms with Crippen LogP contribution in [0.2, 0.25) is 0 Å². The summed E-state index contributed by atoms with van der Waals surface area (Å²) in [6.07, 6.45) is 8.61. The highest BCUT2D eigenvalue weighted by Crippen LogP contribution is 2.22. The zero-order chi connectivity index (χ0) is 22.5. The number of carbonyl (C=O) groups excluding carboxylic acids is 1. The van der Waals surface area contributed by atoms with Gasteiger partial charge in [-0.3, -0.25) is 14.5 Å². The van der Waals surface area contributed by atoms with Crippen molar-refractivity contribution in [1.82, 2.24) is 34.7 Å².